The number of anilines is 1. The standard InChI is InChI=1S/C21H25N3O4S/c1-16-4-8-18(9-5-16)23-29(27,28)19-10-6-17(7-11-19)21(26)22-13-12-20(25)24-14-2-3-15-24/h4-11,23H,2-3,12-15H2,1H3,(H,22,26). The summed E-state index contributed by atoms with van der Waals surface area (Å²) >= 11 is 0. The smallest absolute Gasteiger partial charge is 0.261 e. The molecule has 0 unspecified atom stereocenters. The number of hydrogen-bond acceptors (Lipinski definition) is 4. The van der Waals surface area contributed by atoms with Gasteiger partial charge in [-0.15, -0.1) is 0 Å². The Hall–Kier alpha value is -2.87. The molecule has 1 fully saturated rings. The van der Waals surface area contributed by atoms with Crippen molar-refractivity contribution in [2.75, 3.05) is 24.4 Å². The molecular weight excluding hydrogens is 390 g/mol. The van der Waals surface area contributed by atoms with E-state index in [0.29, 0.717) is 11.3 Å². The van der Waals surface area contributed by atoms with E-state index in [1.807, 2.05) is 24.0 Å². The van der Waals surface area contributed by atoms with Crippen LogP contribution in [-0.2, 0) is 14.8 Å². The molecule has 0 aliphatic carbocycles. The van der Waals surface area contributed by atoms with Crippen molar-refractivity contribution in [3.05, 3.63) is 59.7 Å². The van der Waals surface area contributed by atoms with E-state index in [2.05, 4.69) is 10.0 Å². The zero-order valence-corrected chi connectivity index (χ0v) is 17.2. The number of nitrogens with one attached hydrogen (secondary N) is 2. The summed E-state index contributed by atoms with van der Waals surface area (Å²) in [6.45, 7) is 3.76. The molecule has 3 rings (SSSR count). The van der Waals surface area contributed by atoms with Crippen LogP contribution in [0.25, 0.3) is 0 Å². The van der Waals surface area contributed by atoms with Gasteiger partial charge in [-0.1, -0.05) is 17.7 Å². The highest BCUT2D eigenvalue weighted by Gasteiger charge is 2.18. The van der Waals surface area contributed by atoms with Crippen LogP contribution < -0.4 is 10.0 Å². The van der Waals surface area contributed by atoms with Crippen molar-refractivity contribution in [3.8, 4) is 0 Å². The third kappa shape index (κ3) is 5.57. The van der Waals surface area contributed by atoms with Crippen LogP contribution in [0.2, 0.25) is 0 Å². The Labute approximate surface area is 171 Å². The second-order valence-electron chi connectivity index (χ2n) is 7.09. The van der Waals surface area contributed by atoms with Gasteiger partial charge in [0.1, 0.15) is 0 Å². The summed E-state index contributed by atoms with van der Waals surface area (Å²) in [5.74, 6) is -0.291. The van der Waals surface area contributed by atoms with Crippen LogP contribution in [0, 0.1) is 6.92 Å². The number of hydrogen-bond donors (Lipinski definition) is 2. The number of carbonyl (C=O) groups is 2. The summed E-state index contributed by atoms with van der Waals surface area (Å²) in [5, 5.41) is 2.71. The minimum atomic E-state index is -3.74. The molecular formula is C21H25N3O4S. The van der Waals surface area contributed by atoms with Gasteiger partial charge in [0, 0.05) is 37.3 Å². The molecule has 0 bridgehead atoms. The van der Waals surface area contributed by atoms with Gasteiger partial charge in [-0.05, 0) is 56.2 Å². The van der Waals surface area contributed by atoms with Gasteiger partial charge in [-0.3, -0.25) is 14.3 Å². The van der Waals surface area contributed by atoms with Gasteiger partial charge >= 0.3 is 0 Å². The van der Waals surface area contributed by atoms with Gasteiger partial charge < -0.3 is 10.2 Å². The van der Waals surface area contributed by atoms with Gasteiger partial charge in [-0.25, -0.2) is 8.42 Å². The lowest BCUT2D eigenvalue weighted by Gasteiger charge is -2.15. The van der Waals surface area contributed by atoms with Gasteiger partial charge in [0.15, 0.2) is 0 Å². The molecule has 1 aliphatic heterocycles. The van der Waals surface area contributed by atoms with E-state index in [1.54, 1.807) is 12.1 Å². The van der Waals surface area contributed by atoms with Crippen molar-refractivity contribution in [2.24, 2.45) is 0 Å². The molecule has 2 amide bonds. The van der Waals surface area contributed by atoms with E-state index < -0.39 is 10.0 Å². The van der Waals surface area contributed by atoms with Crippen LogP contribution in [0.3, 0.4) is 0 Å². The number of likely N-dealkylation sites (tertiary alicyclic amines) is 1. The third-order valence-electron chi connectivity index (χ3n) is 4.81. The zero-order valence-electron chi connectivity index (χ0n) is 16.3. The first-order chi connectivity index (χ1) is 13.8. The summed E-state index contributed by atoms with van der Waals surface area (Å²) in [4.78, 5) is 26.1. The predicted octanol–water partition coefficient (Wildman–Crippen LogP) is 2.54. The van der Waals surface area contributed by atoms with Gasteiger partial charge in [-0.2, -0.15) is 0 Å². The first-order valence-corrected chi connectivity index (χ1v) is 11.1. The van der Waals surface area contributed by atoms with Gasteiger partial charge in [0.05, 0.1) is 4.90 Å². The molecule has 2 aromatic carbocycles. The second-order valence-corrected chi connectivity index (χ2v) is 8.77. The number of aryl methyl sites for hydroxylation is 1. The Bertz CT molecular complexity index is 964. The molecule has 8 heteroatoms. The normalized spacial score (nSPS) is 13.9. The number of benzene rings is 2. The molecule has 1 aliphatic rings. The lowest BCUT2D eigenvalue weighted by atomic mass is 10.2. The Morgan fingerprint density at radius 1 is 0.966 bits per heavy atom. The Balaban J connectivity index is 1.55. The van der Waals surface area contributed by atoms with Crippen molar-refractivity contribution < 1.29 is 18.0 Å². The van der Waals surface area contributed by atoms with E-state index in [4.69, 9.17) is 0 Å². The van der Waals surface area contributed by atoms with Crippen LogP contribution in [0.1, 0.15) is 35.2 Å². The van der Waals surface area contributed by atoms with Crippen LogP contribution >= 0.6 is 0 Å². The SMILES string of the molecule is Cc1ccc(NS(=O)(=O)c2ccc(C(=O)NCCC(=O)N3CCCC3)cc2)cc1. The Morgan fingerprint density at radius 3 is 2.21 bits per heavy atom. The first kappa shape index (κ1) is 20.9. The largest absolute Gasteiger partial charge is 0.352 e. The Morgan fingerprint density at radius 2 is 1.59 bits per heavy atom. The molecule has 0 spiro atoms. The fourth-order valence-corrected chi connectivity index (χ4v) is 4.19. The van der Waals surface area contributed by atoms with Crippen molar-refractivity contribution in [2.45, 2.75) is 31.1 Å². The minimum Gasteiger partial charge on any atom is -0.352 e. The van der Waals surface area contributed by atoms with Crippen LogP contribution in [0.5, 0.6) is 0 Å². The molecule has 154 valence electrons. The molecule has 2 N–H and O–H groups in total. The Kier molecular flexibility index (Phi) is 6.53. The van der Waals surface area contributed by atoms with Crippen molar-refractivity contribution in [3.63, 3.8) is 0 Å². The number of nitrogens with zero attached hydrogens (tertiary/aromatic N) is 1. The number of carbonyl (C=O) groups excluding carboxylic acids is 2. The minimum absolute atomic E-state index is 0.0476. The maximum Gasteiger partial charge on any atom is 0.261 e. The molecule has 0 saturated carbocycles. The highest BCUT2D eigenvalue weighted by Crippen LogP contribution is 2.17. The monoisotopic (exact) mass is 415 g/mol. The topological polar surface area (TPSA) is 95.6 Å². The lowest BCUT2D eigenvalue weighted by molar-refractivity contribution is -0.129. The summed E-state index contributed by atoms with van der Waals surface area (Å²) in [6.07, 6.45) is 2.33. The van der Waals surface area contributed by atoms with E-state index in [9.17, 15) is 18.0 Å². The van der Waals surface area contributed by atoms with E-state index in [1.165, 1.54) is 24.3 Å². The summed E-state index contributed by atoms with van der Waals surface area (Å²) in [5.41, 5.74) is 1.85. The maximum absolute atomic E-state index is 12.5. The van der Waals surface area contributed by atoms with Crippen LogP contribution in [0.15, 0.2) is 53.4 Å². The molecule has 7 nitrogen and oxygen atoms in total. The fourth-order valence-electron chi connectivity index (χ4n) is 3.13. The molecule has 29 heavy (non-hydrogen) atoms. The maximum atomic E-state index is 12.5. The average Bonchev–Trinajstić information content (AvgIpc) is 3.24. The zero-order chi connectivity index (χ0) is 20.9. The van der Waals surface area contributed by atoms with E-state index >= 15 is 0 Å². The van der Waals surface area contributed by atoms with E-state index in [-0.39, 0.29) is 29.7 Å². The molecule has 0 atom stereocenters. The van der Waals surface area contributed by atoms with Gasteiger partial charge in [0.2, 0.25) is 5.91 Å². The molecule has 1 heterocycles. The van der Waals surface area contributed by atoms with Crippen LogP contribution in [-0.4, -0.2) is 44.8 Å². The van der Waals surface area contributed by atoms with Crippen molar-refractivity contribution in [1.82, 2.24) is 10.2 Å². The first-order valence-electron chi connectivity index (χ1n) is 9.61. The molecule has 1 saturated heterocycles. The van der Waals surface area contributed by atoms with Gasteiger partial charge in [0.25, 0.3) is 15.9 Å². The third-order valence-corrected chi connectivity index (χ3v) is 6.21. The quantitative estimate of drug-likeness (QED) is 0.726. The number of amides is 2. The average molecular weight is 416 g/mol. The lowest BCUT2D eigenvalue weighted by Crippen LogP contribution is -2.32. The molecule has 0 radical (unpaired) electrons. The highest BCUT2D eigenvalue weighted by molar-refractivity contribution is 7.92. The summed E-state index contributed by atoms with van der Waals surface area (Å²) < 4.78 is 27.5. The molecule has 0 aromatic heterocycles. The fraction of sp³-hybridized carbons (Fsp3) is 0.333. The number of rotatable bonds is 7. The van der Waals surface area contributed by atoms with Crippen molar-refractivity contribution in [1.29, 1.82) is 0 Å². The van der Waals surface area contributed by atoms with Crippen molar-refractivity contribution >= 4 is 27.5 Å². The summed E-state index contributed by atoms with van der Waals surface area (Å²) in [6, 6.07) is 12.7. The predicted molar refractivity (Wildman–Crippen MR) is 111 cm³/mol. The van der Waals surface area contributed by atoms with E-state index in [0.717, 1.165) is 31.5 Å². The highest BCUT2D eigenvalue weighted by atomic mass is 32.2. The van der Waals surface area contributed by atoms with Crippen LogP contribution in [0.4, 0.5) is 5.69 Å². The molecule has 2 aromatic rings. The summed E-state index contributed by atoms with van der Waals surface area (Å²) in [7, 11) is -3.74. The second kappa shape index (κ2) is 9.09. The number of sulfonamides is 1.